The van der Waals surface area contributed by atoms with Gasteiger partial charge in [0.15, 0.2) is 0 Å². The SMILES string of the molecule is COc1ccc(S(=O)(=O)N2C3CCC2CC(Cl)C3)cc1. The summed E-state index contributed by atoms with van der Waals surface area (Å²) in [7, 11) is -1.86. The number of sulfonamides is 1. The van der Waals surface area contributed by atoms with Gasteiger partial charge >= 0.3 is 0 Å². The molecule has 0 spiro atoms. The lowest BCUT2D eigenvalue weighted by Gasteiger charge is -2.35. The third-order valence-corrected chi connectivity index (χ3v) is 6.62. The standard InChI is InChI=1S/C14H18ClNO3S/c1-19-13-4-6-14(7-5-13)20(17,18)16-11-2-3-12(16)9-10(15)8-11/h4-7,10-12H,2-3,8-9H2,1H3. The second-order valence-electron chi connectivity index (χ2n) is 5.46. The van der Waals surface area contributed by atoms with Gasteiger partial charge in [-0.2, -0.15) is 4.31 Å². The molecule has 2 saturated heterocycles. The van der Waals surface area contributed by atoms with Crippen LogP contribution in [-0.2, 0) is 10.0 Å². The number of alkyl halides is 1. The van der Waals surface area contributed by atoms with Crippen LogP contribution in [0.4, 0.5) is 0 Å². The van der Waals surface area contributed by atoms with Crippen LogP contribution in [0.25, 0.3) is 0 Å². The summed E-state index contributed by atoms with van der Waals surface area (Å²) in [5.41, 5.74) is 0. The monoisotopic (exact) mass is 315 g/mol. The number of piperidine rings is 1. The van der Waals surface area contributed by atoms with Gasteiger partial charge in [0.1, 0.15) is 5.75 Å². The Morgan fingerprint density at radius 1 is 1.15 bits per heavy atom. The van der Waals surface area contributed by atoms with Gasteiger partial charge in [-0.1, -0.05) is 0 Å². The molecular weight excluding hydrogens is 298 g/mol. The molecule has 4 nitrogen and oxygen atoms in total. The zero-order valence-corrected chi connectivity index (χ0v) is 12.9. The highest BCUT2D eigenvalue weighted by Gasteiger charge is 2.46. The van der Waals surface area contributed by atoms with Crippen LogP contribution >= 0.6 is 11.6 Å². The lowest BCUT2D eigenvalue weighted by atomic mass is 10.1. The number of rotatable bonds is 3. The Labute approximate surface area is 124 Å². The van der Waals surface area contributed by atoms with Gasteiger partial charge in [0.05, 0.1) is 12.0 Å². The molecule has 0 N–H and O–H groups in total. The Morgan fingerprint density at radius 2 is 1.70 bits per heavy atom. The summed E-state index contributed by atoms with van der Waals surface area (Å²) in [4.78, 5) is 0.336. The quantitative estimate of drug-likeness (QED) is 0.806. The van der Waals surface area contributed by atoms with E-state index in [1.54, 1.807) is 35.7 Å². The van der Waals surface area contributed by atoms with Crippen molar-refractivity contribution in [2.75, 3.05) is 7.11 Å². The van der Waals surface area contributed by atoms with E-state index in [2.05, 4.69) is 0 Å². The molecule has 0 radical (unpaired) electrons. The highest BCUT2D eigenvalue weighted by atomic mass is 35.5. The van der Waals surface area contributed by atoms with Crippen LogP contribution < -0.4 is 4.74 Å². The van der Waals surface area contributed by atoms with Crippen molar-refractivity contribution in [2.45, 2.75) is 48.0 Å². The highest BCUT2D eigenvalue weighted by molar-refractivity contribution is 7.89. The zero-order chi connectivity index (χ0) is 14.3. The number of halogens is 1. The molecule has 2 aliphatic heterocycles. The fourth-order valence-corrected chi connectivity index (χ4v) is 5.63. The maximum Gasteiger partial charge on any atom is 0.243 e. The smallest absolute Gasteiger partial charge is 0.243 e. The average molecular weight is 316 g/mol. The summed E-state index contributed by atoms with van der Waals surface area (Å²) in [5.74, 6) is 0.659. The number of benzene rings is 1. The Hall–Kier alpha value is -0.780. The first-order chi connectivity index (χ1) is 9.52. The van der Waals surface area contributed by atoms with E-state index >= 15 is 0 Å². The molecule has 0 saturated carbocycles. The maximum absolute atomic E-state index is 12.8. The van der Waals surface area contributed by atoms with E-state index in [4.69, 9.17) is 16.3 Å². The zero-order valence-electron chi connectivity index (χ0n) is 11.3. The van der Waals surface area contributed by atoms with Crippen molar-refractivity contribution >= 4 is 21.6 Å². The minimum Gasteiger partial charge on any atom is -0.497 e. The molecule has 2 fully saturated rings. The highest BCUT2D eigenvalue weighted by Crippen LogP contribution is 2.41. The summed E-state index contributed by atoms with van der Waals surface area (Å²) in [6, 6.07) is 6.71. The topological polar surface area (TPSA) is 46.6 Å². The molecular formula is C14H18ClNO3S. The second-order valence-corrected chi connectivity index (χ2v) is 7.92. The predicted molar refractivity (Wildman–Crippen MR) is 77.7 cm³/mol. The molecule has 0 amide bonds. The minimum absolute atomic E-state index is 0.0587. The normalized spacial score (nSPS) is 30.4. The largest absolute Gasteiger partial charge is 0.497 e. The van der Waals surface area contributed by atoms with Crippen molar-refractivity contribution in [1.29, 1.82) is 0 Å². The molecule has 2 bridgehead atoms. The molecule has 110 valence electrons. The van der Waals surface area contributed by atoms with E-state index in [0.717, 1.165) is 25.7 Å². The fourth-order valence-electron chi connectivity index (χ4n) is 3.33. The van der Waals surface area contributed by atoms with E-state index in [0.29, 0.717) is 10.6 Å². The first kappa shape index (κ1) is 14.2. The fraction of sp³-hybridized carbons (Fsp3) is 0.571. The second kappa shape index (κ2) is 5.20. The van der Waals surface area contributed by atoms with E-state index in [9.17, 15) is 8.42 Å². The van der Waals surface area contributed by atoms with Crippen LogP contribution in [-0.4, -0.2) is 37.3 Å². The number of hydrogen-bond donors (Lipinski definition) is 0. The molecule has 2 unspecified atom stereocenters. The lowest BCUT2D eigenvalue weighted by Crippen LogP contribution is -2.46. The minimum atomic E-state index is -3.43. The molecule has 3 rings (SSSR count). The van der Waals surface area contributed by atoms with E-state index in [1.807, 2.05) is 0 Å². The molecule has 2 aliphatic rings. The van der Waals surface area contributed by atoms with Crippen molar-refractivity contribution in [3.05, 3.63) is 24.3 Å². The summed E-state index contributed by atoms with van der Waals surface area (Å²) in [6.07, 6.45) is 3.35. The molecule has 1 aromatic rings. The Bertz CT molecular complexity index is 573. The number of hydrogen-bond acceptors (Lipinski definition) is 3. The van der Waals surface area contributed by atoms with Crippen molar-refractivity contribution < 1.29 is 13.2 Å². The molecule has 0 aromatic heterocycles. The Balaban J connectivity index is 1.92. The van der Waals surface area contributed by atoms with Gasteiger partial charge in [-0.05, 0) is 49.9 Å². The third kappa shape index (κ3) is 2.32. The van der Waals surface area contributed by atoms with Crippen LogP contribution in [0.1, 0.15) is 25.7 Å². The molecule has 2 atom stereocenters. The van der Waals surface area contributed by atoms with Gasteiger partial charge in [0.2, 0.25) is 10.0 Å². The Morgan fingerprint density at radius 3 is 2.20 bits per heavy atom. The first-order valence-electron chi connectivity index (χ1n) is 6.84. The number of methoxy groups -OCH3 is 1. The van der Waals surface area contributed by atoms with Crippen LogP contribution in [0.3, 0.4) is 0 Å². The predicted octanol–water partition coefficient (Wildman–Crippen LogP) is 2.62. The molecule has 20 heavy (non-hydrogen) atoms. The summed E-state index contributed by atoms with van der Waals surface area (Å²) >= 11 is 6.21. The molecule has 0 aliphatic carbocycles. The summed E-state index contributed by atoms with van der Waals surface area (Å²) in [6.45, 7) is 0. The number of ether oxygens (including phenoxy) is 1. The van der Waals surface area contributed by atoms with E-state index in [-0.39, 0.29) is 17.5 Å². The van der Waals surface area contributed by atoms with Gasteiger partial charge < -0.3 is 4.74 Å². The number of nitrogens with zero attached hydrogens (tertiary/aromatic N) is 1. The molecule has 6 heteroatoms. The van der Waals surface area contributed by atoms with Gasteiger partial charge in [-0.25, -0.2) is 8.42 Å². The van der Waals surface area contributed by atoms with Crippen LogP contribution in [0.15, 0.2) is 29.2 Å². The van der Waals surface area contributed by atoms with Crippen LogP contribution in [0, 0.1) is 0 Å². The lowest BCUT2D eigenvalue weighted by molar-refractivity contribution is 0.251. The first-order valence-corrected chi connectivity index (χ1v) is 8.71. The van der Waals surface area contributed by atoms with Crippen LogP contribution in [0.5, 0.6) is 5.75 Å². The molecule has 2 heterocycles. The van der Waals surface area contributed by atoms with Gasteiger partial charge in [-0.15, -0.1) is 11.6 Å². The third-order valence-electron chi connectivity index (χ3n) is 4.24. The van der Waals surface area contributed by atoms with Crippen molar-refractivity contribution in [3.8, 4) is 5.75 Å². The average Bonchev–Trinajstić information content (AvgIpc) is 2.72. The van der Waals surface area contributed by atoms with Gasteiger partial charge in [0, 0.05) is 17.5 Å². The van der Waals surface area contributed by atoms with Crippen molar-refractivity contribution in [2.24, 2.45) is 0 Å². The maximum atomic E-state index is 12.8. The van der Waals surface area contributed by atoms with Gasteiger partial charge in [0.25, 0.3) is 0 Å². The van der Waals surface area contributed by atoms with Gasteiger partial charge in [-0.3, -0.25) is 0 Å². The Kier molecular flexibility index (Phi) is 3.69. The summed E-state index contributed by atoms with van der Waals surface area (Å²) in [5, 5.41) is 0.106. The number of fused-ring (bicyclic) bond motifs is 2. The van der Waals surface area contributed by atoms with Crippen LogP contribution in [0.2, 0.25) is 0 Å². The van der Waals surface area contributed by atoms with Crippen molar-refractivity contribution in [1.82, 2.24) is 4.31 Å². The summed E-state index contributed by atoms with van der Waals surface area (Å²) < 4.78 is 32.4. The van der Waals surface area contributed by atoms with E-state index in [1.165, 1.54) is 0 Å². The van der Waals surface area contributed by atoms with Crippen molar-refractivity contribution in [3.63, 3.8) is 0 Å². The molecule has 1 aromatic carbocycles. The van der Waals surface area contributed by atoms with E-state index < -0.39 is 10.0 Å².